The first-order valence-corrected chi connectivity index (χ1v) is 5.77. The lowest BCUT2D eigenvalue weighted by atomic mass is 10.2. The van der Waals surface area contributed by atoms with Gasteiger partial charge in [-0.25, -0.2) is 4.79 Å². The van der Waals surface area contributed by atoms with Gasteiger partial charge in [-0.05, 0) is 38.1 Å². The van der Waals surface area contributed by atoms with E-state index >= 15 is 0 Å². The molecule has 0 saturated heterocycles. The molecule has 4 heteroatoms. The van der Waals surface area contributed by atoms with Crippen LogP contribution in [0.25, 0.3) is 6.08 Å². The zero-order valence-electron chi connectivity index (χ0n) is 10.5. The van der Waals surface area contributed by atoms with Crippen molar-refractivity contribution in [2.45, 2.75) is 26.3 Å². The molecule has 0 amide bonds. The van der Waals surface area contributed by atoms with E-state index in [1.54, 1.807) is 12.1 Å². The van der Waals surface area contributed by atoms with Crippen molar-refractivity contribution in [2.24, 2.45) is 0 Å². The molecule has 0 aliphatic rings. The molecule has 1 unspecified atom stereocenters. The molecule has 0 saturated carbocycles. The van der Waals surface area contributed by atoms with Gasteiger partial charge < -0.3 is 14.5 Å². The molecule has 4 nitrogen and oxygen atoms in total. The maximum atomic E-state index is 11.2. The van der Waals surface area contributed by atoms with E-state index in [2.05, 4.69) is 23.9 Å². The molecule has 0 radical (unpaired) electrons. The Labute approximate surface area is 102 Å². The van der Waals surface area contributed by atoms with Crippen molar-refractivity contribution in [3.8, 4) is 0 Å². The summed E-state index contributed by atoms with van der Waals surface area (Å²) in [4.78, 5) is 11.2. The Morgan fingerprint density at radius 2 is 2.35 bits per heavy atom. The minimum atomic E-state index is -0.457. The maximum Gasteiger partial charge on any atom is 0.373 e. The Morgan fingerprint density at radius 3 is 3.00 bits per heavy atom. The molecule has 1 N–H and O–H groups in total. The van der Waals surface area contributed by atoms with E-state index in [9.17, 15) is 4.79 Å². The Bertz CT molecular complexity index is 382. The first-order chi connectivity index (χ1) is 8.17. The highest BCUT2D eigenvalue weighted by Gasteiger charge is 2.09. The zero-order valence-corrected chi connectivity index (χ0v) is 10.5. The average molecular weight is 237 g/mol. The van der Waals surface area contributed by atoms with Crippen LogP contribution in [0.4, 0.5) is 0 Å². The van der Waals surface area contributed by atoms with Crippen LogP contribution in [0.5, 0.6) is 0 Å². The highest BCUT2D eigenvalue weighted by atomic mass is 16.5. The molecular formula is C13H19NO3. The smallest absolute Gasteiger partial charge is 0.373 e. The van der Waals surface area contributed by atoms with Gasteiger partial charge in [0, 0.05) is 6.04 Å². The number of carbonyl (C=O) groups excluding carboxylic acids is 1. The maximum absolute atomic E-state index is 11.2. The first-order valence-electron chi connectivity index (χ1n) is 5.77. The SMILES string of the molecule is CCCNC(C)/C=C/c1ccc(C(=O)OC)o1. The summed E-state index contributed by atoms with van der Waals surface area (Å²) in [5.41, 5.74) is 0. The van der Waals surface area contributed by atoms with E-state index in [1.165, 1.54) is 7.11 Å². The standard InChI is InChI=1S/C13H19NO3/c1-4-9-14-10(2)5-6-11-7-8-12(17-11)13(15)16-3/h5-8,10,14H,4,9H2,1-3H3/b6-5+. The van der Waals surface area contributed by atoms with E-state index in [1.807, 2.05) is 12.2 Å². The van der Waals surface area contributed by atoms with Gasteiger partial charge in [0.1, 0.15) is 5.76 Å². The highest BCUT2D eigenvalue weighted by molar-refractivity contribution is 5.86. The minimum Gasteiger partial charge on any atom is -0.463 e. The normalized spacial score (nSPS) is 12.9. The molecule has 1 heterocycles. The molecule has 1 aromatic rings. The predicted octanol–water partition coefficient (Wildman–Crippen LogP) is 2.47. The van der Waals surface area contributed by atoms with Crippen LogP contribution >= 0.6 is 0 Å². The summed E-state index contributed by atoms with van der Waals surface area (Å²) < 4.78 is 9.86. The molecule has 0 fully saturated rings. The van der Waals surface area contributed by atoms with Crippen molar-refractivity contribution in [3.63, 3.8) is 0 Å². The second-order valence-corrected chi connectivity index (χ2v) is 3.80. The molecular weight excluding hydrogens is 218 g/mol. The van der Waals surface area contributed by atoms with Crippen molar-refractivity contribution >= 4 is 12.0 Å². The Kier molecular flexibility index (Phi) is 5.49. The van der Waals surface area contributed by atoms with Crippen LogP contribution in [0.3, 0.4) is 0 Å². The van der Waals surface area contributed by atoms with Crippen molar-refractivity contribution < 1.29 is 13.9 Å². The number of esters is 1. The third-order valence-corrected chi connectivity index (χ3v) is 2.28. The van der Waals surface area contributed by atoms with Crippen LogP contribution in [0.2, 0.25) is 0 Å². The quantitative estimate of drug-likeness (QED) is 0.772. The molecule has 0 aliphatic carbocycles. The molecule has 1 aromatic heterocycles. The molecule has 1 atom stereocenters. The summed E-state index contributed by atoms with van der Waals surface area (Å²) >= 11 is 0. The van der Waals surface area contributed by atoms with Crippen molar-refractivity contribution in [1.29, 1.82) is 0 Å². The monoisotopic (exact) mass is 237 g/mol. The lowest BCUT2D eigenvalue weighted by Crippen LogP contribution is -2.24. The summed E-state index contributed by atoms with van der Waals surface area (Å²) in [6.07, 6.45) is 4.95. The van der Waals surface area contributed by atoms with Crippen LogP contribution in [-0.4, -0.2) is 25.7 Å². The fraction of sp³-hybridized carbons (Fsp3) is 0.462. The number of nitrogens with one attached hydrogen (secondary N) is 1. The summed E-state index contributed by atoms with van der Waals surface area (Å²) in [6, 6.07) is 3.63. The Balaban J connectivity index is 2.53. The lowest BCUT2D eigenvalue weighted by molar-refractivity contribution is 0.0564. The number of hydrogen-bond donors (Lipinski definition) is 1. The molecule has 0 aromatic carbocycles. The highest BCUT2D eigenvalue weighted by Crippen LogP contribution is 2.10. The molecule has 0 spiro atoms. The summed E-state index contributed by atoms with van der Waals surface area (Å²) in [5, 5.41) is 3.32. The van der Waals surface area contributed by atoms with E-state index in [4.69, 9.17) is 4.42 Å². The van der Waals surface area contributed by atoms with E-state index < -0.39 is 5.97 Å². The topological polar surface area (TPSA) is 51.5 Å². The van der Waals surface area contributed by atoms with Crippen molar-refractivity contribution in [3.05, 3.63) is 29.7 Å². The predicted molar refractivity (Wildman–Crippen MR) is 66.8 cm³/mol. The number of methoxy groups -OCH3 is 1. The van der Waals surface area contributed by atoms with Gasteiger partial charge >= 0.3 is 5.97 Å². The zero-order chi connectivity index (χ0) is 12.7. The third kappa shape index (κ3) is 4.44. The second-order valence-electron chi connectivity index (χ2n) is 3.80. The van der Waals surface area contributed by atoms with Gasteiger partial charge in [-0.15, -0.1) is 0 Å². The minimum absolute atomic E-state index is 0.223. The molecule has 0 aliphatic heterocycles. The van der Waals surface area contributed by atoms with E-state index in [0.717, 1.165) is 13.0 Å². The first kappa shape index (κ1) is 13.5. The van der Waals surface area contributed by atoms with Crippen LogP contribution in [-0.2, 0) is 4.74 Å². The number of ether oxygens (including phenoxy) is 1. The Morgan fingerprint density at radius 1 is 1.59 bits per heavy atom. The van der Waals surface area contributed by atoms with Crippen molar-refractivity contribution in [1.82, 2.24) is 5.32 Å². The third-order valence-electron chi connectivity index (χ3n) is 2.28. The van der Waals surface area contributed by atoms with Gasteiger partial charge in [0.2, 0.25) is 5.76 Å². The number of rotatable bonds is 6. The number of hydrogen-bond acceptors (Lipinski definition) is 4. The summed E-state index contributed by atoms with van der Waals surface area (Å²) in [6.45, 7) is 5.17. The molecule has 0 bridgehead atoms. The van der Waals surface area contributed by atoms with E-state index in [0.29, 0.717) is 5.76 Å². The van der Waals surface area contributed by atoms with Crippen LogP contribution in [0, 0.1) is 0 Å². The Hall–Kier alpha value is -1.55. The van der Waals surface area contributed by atoms with Gasteiger partial charge in [-0.3, -0.25) is 0 Å². The molecule has 94 valence electrons. The van der Waals surface area contributed by atoms with Gasteiger partial charge in [0.15, 0.2) is 0 Å². The number of carbonyl (C=O) groups is 1. The van der Waals surface area contributed by atoms with Crippen LogP contribution in [0.1, 0.15) is 36.6 Å². The summed E-state index contributed by atoms with van der Waals surface area (Å²) in [5.74, 6) is 0.415. The van der Waals surface area contributed by atoms with Crippen molar-refractivity contribution in [2.75, 3.05) is 13.7 Å². The van der Waals surface area contributed by atoms with Crippen LogP contribution < -0.4 is 5.32 Å². The van der Waals surface area contributed by atoms with Gasteiger partial charge in [-0.1, -0.05) is 13.0 Å². The average Bonchev–Trinajstić information content (AvgIpc) is 2.81. The van der Waals surface area contributed by atoms with Gasteiger partial charge in [0.25, 0.3) is 0 Å². The summed E-state index contributed by atoms with van der Waals surface area (Å²) in [7, 11) is 1.33. The van der Waals surface area contributed by atoms with Gasteiger partial charge in [-0.2, -0.15) is 0 Å². The fourth-order valence-corrected chi connectivity index (χ4v) is 1.33. The van der Waals surface area contributed by atoms with Crippen LogP contribution in [0.15, 0.2) is 22.6 Å². The molecule has 17 heavy (non-hydrogen) atoms. The number of furan rings is 1. The lowest BCUT2D eigenvalue weighted by Gasteiger charge is -2.06. The van der Waals surface area contributed by atoms with Gasteiger partial charge in [0.05, 0.1) is 7.11 Å². The second kappa shape index (κ2) is 6.91. The molecule has 1 rings (SSSR count). The largest absolute Gasteiger partial charge is 0.463 e. The van der Waals surface area contributed by atoms with E-state index in [-0.39, 0.29) is 11.8 Å². The fourth-order valence-electron chi connectivity index (χ4n) is 1.33.